The maximum Gasteiger partial charge on any atom is 0.227 e. The predicted octanol–water partition coefficient (Wildman–Crippen LogP) is 1.08. The summed E-state index contributed by atoms with van der Waals surface area (Å²) in [7, 11) is 0. The minimum absolute atomic E-state index is 0.644. The molecule has 0 spiro atoms. The molecule has 96 valence electrons. The van der Waals surface area contributed by atoms with E-state index in [1.165, 1.54) is 32.1 Å². The van der Waals surface area contributed by atoms with Gasteiger partial charge in [-0.15, -0.1) is 0 Å². The van der Waals surface area contributed by atoms with Gasteiger partial charge in [-0.1, -0.05) is 18.5 Å². The Balaban J connectivity index is 1.78. The first-order valence-electron chi connectivity index (χ1n) is 6.59. The SMILES string of the molecule is CCCC1CN(CCc2ncno2)CCCN1. The molecule has 1 atom stereocenters. The molecule has 0 radical (unpaired) electrons. The topological polar surface area (TPSA) is 54.2 Å². The van der Waals surface area contributed by atoms with Gasteiger partial charge in [-0.3, -0.25) is 0 Å². The Morgan fingerprint density at radius 1 is 1.59 bits per heavy atom. The first-order chi connectivity index (χ1) is 8.38. The minimum Gasteiger partial charge on any atom is -0.340 e. The van der Waals surface area contributed by atoms with Crippen molar-refractivity contribution in [2.45, 2.75) is 38.6 Å². The van der Waals surface area contributed by atoms with Crippen LogP contribution in [-0.2, 0) is 6.42 Å². The predicted molar refractivity (Wildman–Crippen MR) is 65.8 cm³/mol. The van der Waals surface area contributed by atoms with Crippen molar-refractivity contribution in [1.82, 2.24) is 20.4 Å². The Morgan fingerprint density at radius 2 is 2.53 bits per heavy atom. The zero-order valence-electron chi connectivity index (χ0n) is 10.6. The summed E-state index contributed by atoms with van der Waals surface area (Å²) in [6, 6.07) is 0.644. The molecule has 0 saturated carbocycles. The highest BCUT2D eigenvalue weighted by atomic mass is 16.5. The molecule has 1 N–H and O–H groups in total. The van der Waals surface area contributed by atoms with Crippen LogP contribution in [0.3, 0.4) is 0 Å². The molecule has 0 aliphatic carbocycles. The third-order valence-electron chi connectivity index (χ3n) is 3.25. The molecular formula is C12H22N4O. The van der Waals surface area contributed by atoms with Crippen molar-refractivity contribution in [3.8, 4) is 0 Å². The maximum absolute atomic E-state index is 5.03. The van der Waals surface area contributed by atoms with Crippen molar-refractivity contribution in [3.63, 3.8) is 0 Å². The minimum atomic E-state index is 0.644. The molecule has 1 unspecified atom stereocenters. The van der Waals surface area contributed by atoms with Crippen LogP contribution in [0.2, 0.25) is 0 Å². The highest BCUT2D eigenvalue weighted by molar-refractivity contribution is 4.80. The first-order valence-corrected chi connectivity index (χ1v) is 6.59. The van der Waals surface area contributed by atoms with E-state index in [0.717, 1.165) is 31.9 Å². The number of hydrogen-bond acceptors (Lipinski definition) is 5. The molecule has 0 bridgehead atoms. The highest BCUT2D eigenvalue weighted by Crippen LogP contribution is 2.06. The van der Waals surface area contributed by atoms with E-state index in [1.54, 1.807) is 0 Å². The Morgan fingerprint density at radius 3 is 3.29 bits per heavy atom. The van der Waals surface area contributed by atoms with Crippen LogP contribution in [0.25, 0.3) is 0 Å². The summed E-state index contributed by atoms with van der Waals surface area (Å²) in [6.45, 7) is 6.71. The molecule has 1 aromatic rings. The van der Waals surface area contributed by atoms with Crippen LogP contribution in [0.5, 0.6) is 0 Å². The molecule has 2 heterocycles. The smallest absolute Gasteiger partial charge is 0.227 e. The number of rotatable bonds is 5. The normalized spacial score (nSPS) is 22.5. The molecule has 0 aromatic carbocycles. The van der Waals surface area contributed by atoms with Gasteiger partial charge in [-0.05, 0) is 25.9 Å². The fourth-order valence-corrected chi connectivity index (χ4v) is 2.38. The summed E-state index contributed by atoms with van der Waals surface area (Å²) in [5.41, 5.74) is 0. The lowest BCUT2D eigenvalue weighted by atomic mass is 10.1. The molecule has 1 fully saturated rings. The molecule has 1 saturated heterocycles. The van der Waals surface area contributed by atoms with Crippen LogP contribution in [0.1, 0.15) is 32.1 Å². The van der Waals surface area contributed by atoms with Crippen molar-refractivity contribution < 1.29 is 4.52 Å². The van der Waals surface area contributed by atoms with Crippen LogP contribution in [-0.4, -0.2) is 47.3 Å². The molecule has 1 aromatic heterocycles. The van der Waals surface area contributed by atoms with Gasteiger partial charge >= 0.3 is 0 Å². The van der Waals surface area contributed by atoms with Gasteiger partial charge in [-0.2, -0.15) is 4.98 Å². The number of nitrogens with one attached hydrogen (secondary N) is 1. The first kappa shape index (κ1) is 12.5. The van der Waals surface area contributed by atoms with Crippen LogP contribution >= 0.6 is 0 Å². The standard InChI is InChI=1S/C12H22N4O/c1-2-4-11-9-16(7-3-6-13-11)8-5-12-14-10-15-17-12/h10-11,13H,2-9H2,1H3. The number of aromatic nitrogens is 2. The summed E-state index contributed by atoms with van der Waals surface area (Å²) in [5, 5.41) is 7.24. The van der Waals surface area contributed by atoms with E-state index >= 15 is 0 Å². The Bertz CT molecular complexity index is 301. The molecule has 2 rings (SSSR count). The van der Waals surface area contributed by atoms with Gasteiger partial charge in [-0.25, -0.2) is 0 Å². The van der Waals surface area contributed by atoms with E-state index in [1.807, 2.05) is 0 Å². The van der Waals surface area contributed by atoms with E-state index in [2.05, 4.69) is 27.3 Å². The van der Waals surface area contributed by atoms with Crippen LogP contribution in [0.15, 0.2) is 10.9 Å². The Kier molecular flexibility index (Phi) is 4.94. The molecule has 1 aliphatic rings. The van der Waals surface area contributed by atoms with Crippen molar-refractivity contribution in [1.29, 1.82) is 0 Å². The van der Waals surface area contributed by atoms with Crippen LogP contribution in [0, 0.1) is 0 Å². The lowest BCUT2D eigenvalue weighted by molar-refractivity contribution is 0.253. The fraction of sp³-hybridized carbons (Fsp3) is 0.833. The van der Waals surface area contributed by atoms with Crippen LogP contribution in [0.4, 0.5) is 0 Å². The average Bonchev–Trinajstić information content (AvgIpc) is 2.75. The van der Waals surface area contributed by atoms with Gasteiger partial charge in [0.25, 0.3) is 0 Å². The third-order valence-corrected chi connectivity index (χ3v) is 3.25. The molecular weight excluding hydrogens is 216 g/mol. The Labute approximate surface area is 103 Å². The van der Waals surface area contributed by atoms with Gasteiger partial charge < -0.3 is 14.7 Å². The molecule has 0 amide bonds. The molecule has 5 nitrogen and oxygen atoms in total. The Hall–Kier alpha value is -0.940. The van der Waals surface area contributed by atoms with E-state index in [4.69, 9.17) is 4.52 Å². The lowest BCUT2D eigenvalue weighted by Crippen LogP contribution is -2.38. The average molecular weight is 238 g/mol. The van der Waals surface area contributed by atoms with Crippen molar-refractivity contribution in [2.75, 3.05) is 26.2 Å². The highest BCUT2D eigenvalue weighted by Gasteiger charge is 2.17. The van der Waals surface area contributed by atoms with Gasteiger partial charge in [0.05, 0.1) is 0 Å². The second-order valence-electron chi connectivity index (χ2n) is 4.68. The second kappa shape index (κ2) is 6.71. The lowest BCUT2D eigenvalue weighted by Gasteiger charge is -2.23. The monoisotopic (exact) mass is 238 g/mol. The zero-order valence-corrected chi connectivity index (χ0v) is 10.6. The van der Waals surface area contributed by atoms with Gasteiger partial charge in [0.15, 0.2) is 6.33 Å². The molecule has 1 aliphatic heterocycles. The maximum atomic E-state index is 5.03. The second-order valence-corrected chi connectivity index (χ2v) is 4.68. The van der Waals surface area contributed by atoms with Gasteiger partial charge in [0.2, 0.25) is 5.89 Å². The molecule has 5 heteroatoms. The summed E-state index contributed by atoms with van der Waals surface area (Å²) in [5.74, 6) is 0.745. The zero-order chi connectivity index (χ0) is 11.9. The van der Waals surface area contributed by atoms with Crippen LogP contribution < -0.4 is 5.32 Å². The van der Waals surface area contributed by atoms with Crippen molar-refractivity contribution in [3.05, 3.63) is 12.2 Å². The summed E-state index contributed by atoms with van der Waals surface area (Å²) >= 11 is 0. The quantitative estimate of drug-likeness (QED) is 0.832. The number of hydrogen-bond donors (Lipinski definition) is 1. The summed E-state index contributed by atoms with van der Waals surface area (Å²) in [6.07, 6.45) is 6.06. The van der Waals surface area contributed by atoms with Crippen molar-refractivity contribution >= 4 is 0 Å². The molecule has 17 heavy (non-hydrogen) atoms. The van der Waals surface area contributed by atoms with Gasteiger partial charge in [0, 0.05) is 25.6 Å². The van der Waals surface area contributed by atoms with Crippen molar-refractivity contribution in [2.24, 2.45) is 0 Å². The summed E-state index contributed by atoms with van der Waals surface area (Å²) in [4.78, 5) is 6.56. The van der Waals surface area contributed by atoms with E-state index in [-0.39, 0.29) is 0 Å². The third kappa shape index (κ3) is 4.09. The fourth-order valence-electron chi connectivity index (χ4n) is 2.38. The number of nitrogens with zero attached hydrogens (tertiary/aromatic N) is 3. The van der Waals surface area contributed by atoms with Gasteiger partial charge in [0.1, 0.15) is 0 Å². The summed E-state index contributed by atoms with van der Waals surface area (Å²) < 4.78 is 5.03. The largest absolute Gasteiger partial charge is 0.340 e. The van der Waals surface area contributed by atoms with E-state index in [0.29, 0.717) is 6.04 Å². The van der Waals surface area contributed by atoms with E-state index in [9.17, 15) is 0 Å². The van der Waals surface area contributed by atoms with E-state index < -0.39 is 0 Å².